The fourth-order valence-electron chi connectivity index (χ4n) is 3.83. The molecule has 29 heavy (non-hydrogen) atoms. The molecule has 1 saturated heterocycles. The molecule has 0 N–H and O–H groups in total. The SMILES string of the molecule is COc1ccc(CN2C(=O)CC[C@@H](n3c(=O)n(C)c4c(Br)cccc43)C2=O)cc1. The van der Waals surface area contributed by atoms with Crippen molar-refractivity contribution in [2.24, 2.45) is 7.05 Å². The summed E-state index contributed by atoms with van der Waals surface area (Å²) >= 11 is 3.48. The Hall–Kier alpha value is -2.87. The van der Waals surface area contributed by atoms with E-state index in [0.29, 0.717) is 17.7 Å². The highest BCUT2D eigenvalue weighted by atomic mass is 79.9. The largest absolute Gasteiger partial charge is 0.497 e. The number of hydrogen-bond acceptors (Lipinski definition) is 4. The molecule has 0 saturated carbocycles. The van der Waals surface area contributed by atoms with E-state index >= 15 is 0 Å². The highest BCUT2D eigenvalue weighted by molar-refractivity contribution is 9.10. The summed E-state index contributed by atoms with van der Waals surface area (Å²) in [4.78, 5) is 39.9. The van der Waals surface area contributed by atoms with Crippen LogP contribution in [0.5, 0.6) is 5.75 Å². The maximum atomic E-state index is 13.3. The molecule has 1 aliphatic heterocycles. The molecular weight excluding hydrogens is 438 g/mol. The molecule has 1 atom stereocenters. The number of rotatable bonds is 4. The number of amides is 2. The van der Waals surface area contributed by atoms with E-state index in [-0.39, 0.29) is 30.5 Å². The molecule has 150 valence electrons. The summed E-state index contributed by atoms with van der Waals surface area (Å²) in [5, 5.41) is 0. The van der Waals surface area contributed by atoms with Crippen LogP contribution in [0.25, 0.3) is 11.0 Å². The number of halogens is 1. The summed E-state index contributed by atoms with van der Waals surface area (Å²) < 4.78 is 8.97. The van der Waals surface area contributed by atoms with Crippen molar-refractivity contribution < 1.29 is 14.3 Å². The van der Waals surface area contributed by atoms with Crippen LogP contribution in [0.4, 0.5) is 0 Å². The number of methoxy groups -OCH3 is 1. The third-order valence-electron chi connectivity index (χ3n) is 5.35. The van der Waals surface area contributed by atoms with Crippen molar-refractivity contribution in [3.05, 3.63) is 63.0 Å². The number of aromatic nitrogens is 2. The molecule has 7 nitrogen and oxygen atoms in total. The third kappa shape index (κ3) is 3.27. The number of carbonyl (C=O) groups excluding carboxylic acids is 2. The van der Waals surface area contributed by atoms with Gasteiger partial charge in [0.15, 0.2) is 0 Å². The number of piperidine rings is 1. The number of hydrogen-bond donors (Lipinski definition) is 0. The number of fused-ring (bicyclic) bond motifs is 1. The van der Waals surface area contributed by atoms with Crippen LogP contribution in [-0.2, 0) is 23.2 Å². The maximum absolute atomic E-state index is 13.3. The number of benzene rings is 2. The first-order chi connectivity index (χ1) is 13.9. The summed E-state index contributed by atoms with van der Waals surface area (Å²) in [6.45, 7) is 0.168. The predicted octanol–water partition coefficient (Wildman–Crippen LogP) is 3.00. The van der Waals surface area contributed by atoms with Crippen molar-refractivity contribution >= 4 is 38.8 Å². The summed E-state index contributed by atoms with van der Waals surface area (Å²) in [5.41, 5.74) is 1.94. The lowest BCUT2D eigenvalue weighted by Gasteiger charge is -2.31. The van der Waals surface area contributed by atoms with Gasteiger partial charge in [0.2, 0.25) is 5.91 Å². The standard InChI is InChI=1S/C21H20BrN3O4/c1-23-19-15(22)4-3-5-16(19)25(21(23)28)17-10-11-18(26)24(20(17)27)12-13-6-8-14(29-2)9-7-13/h3-9,17H,10-12H2,1-2H3/t17-/m1/s1. The van der Waals surface area contributed by atoms with E-state index in [9.17, 15) is 14.4 Å². The lowest BCUT2D eigenvalue weighted by molar-refractivity contribution is -0.151. The molecule has 0 radical (unpaired) electrons. The molecule has 4 rings (SSSR count). The van der Waals surface area contributed by atoms with E-state index in [1.807, 2.05) is 30.3 Å². The maximum Gasteiger partial charge on any atom is 0.329 e. The average molecular weight is 458 g/mol. The van der Waals surface area contributed by atoms with Gasteiger partial charge in [-0.15, -0.1) is 0 Å². The zero-order chi connectivity index (χ0) is 20.7. The van der Waals surface area contributed by atoms with Crippen molar-refractivity contribution in [3.63, 3.8) is 0 Å². The van der Waals surface area contributed by atoms with Crippen molar-refractivity contribution in [1.82, 2.24) is 14.0 Å². The Balaban J connectivity index is 1.71. The minimum atomic E-state index is -0.712. The molecule has 0 spiro atoms. The van der Waals surface area contributed by atoms with Crippen LogP contribution in [0.3, 0.4) is 0 Å². The second-order valence-electron chi connectivity index (χ2n) is 7.04. The highest BCUT2D eigenvalue weighted by Crippen LogP contribution is 2.30. The van der Waals surface area contributed by atoms with Gasteiger partial charge in [0.05, 0.1) is 24.7 Å². The van der Waals surface area contributed by atoms with Crippen LogP contribution in [0, 0.1) is 0 Å². The zero-order valence-electron chi connectivity index (χ0n) is 16.1. The molecule has 2 aromatic carbocycles. The Morgan fingerprint density at radius 1 is 1.10 bits per heavy atom. The molecule has 2 amide bonds. The van der Waals surface area contributed by atoms with Crippen LogP contribution in [0.15, 0.2) is 51.7 Å². The predicted molar refractivity (Wildman–Crippen MR) is 112 cm³/mol. The summed E-state index contributed by atoms with van der Waals surface area (Å²) in [7, 11) is 3.26. The van der Waals surface area contributed by atoms with Crippen molar-refractivity contribution in [1.29, 1.82) is 0 Å². The van der Waals surface area contributed by atoms with E-state index in [0.717, 1.165) is 15.6 Å². The van der Waals surface area contributed by atoms with Gasteiger partial charge < -0.3 is 4.74 Å². The van der Waals surface area contributed by atoms with Gasteiger partial charge in [-0.05, 0) is 52.2 Å². The Labute approximate surface area is 175 Å². The van der Waals surface area contributed by atoms with Gasteiger partial charge in [0.1, 0.15) is 11.8 Å². The number of imide groups is 1. The third-order valence-corrected chi connectivity index (χ3v) is 5.99. The molecule has 1 aromatic heterocycles. The van der Waals surface area contributed by atoms with Gasteiger partial charge in [-0.2, -0.15) is 0 Å². The molecule has 0 bridgehead atoms. The number of aryl methyl sites for hydroxylation is 1. The first-order valence-corrected chi connectivity index (χ1v) is 10.0. The molecule has 0 aliphatic carbocycles. The topological polar surface area (TPSA) is 73.5 Å². The van der Waals surface area contributed by atoms with Crippen LogP contribution >= 0.6 is 15.9 Å². The fourth-order valence-corrected chi connectivity index (χ4v) is 4.45. The molecule has 8 heteroatoms. The second-order valence-corrected chi connectivity index (χ2v) is 7.89. The normalized spacial score (nSPS) is 17.2. The molecule has 0 unspecified atom stereocenters. The number of imidazole rings is 1. The zero-order valence-corrected chi connectivity index (χ0v) is 17.7. The number of ether oxygens (including phenoxy) is 1. The van der Waals surface area contributed by atoms with Crippen molar-refractivity contribution in [2.45, 2.75) is 25.4 Å². The Bertz CT molecular complexity index is 1160. The van der Waals surface area contributed by atoms with Gasteiger partial charge in [-0.1, -0.05) is 18.2 Å². The number of para-hydroxylation sites is 1. The van der Waals surface area contributed by atoms with E-state index < -0.39 is 6.04 Å². The van der Waals surface area contributed by atoms with E-state index in [2.05, 4.69) is 15.9 Å². The van der Waals surface area contributed by atoms with Crippen molar-refractivity contribution in [3.8, 4) is 5.75 Å². The summed E-state index contributed by atoms with van der Waals surface area (Å²) in [6.07, 6.45) is 0.520. The number of carbonyl (C=O) groups is 2. The first kappa shape index (κ1) is 19.4. The Morgan fingerprint density at radius 2 is 1.83 bits per heavy atom. The molecular formula is C21H20BrN3O4. The highest BCUT2D eigenvalue weighted by Gasteiger charge is 2.37. The monoisotopic (exact) mass is 457 g/mol. The van der Waals surface area contributed by atoms with E-state index in [4.69, 9.17) is 4.74 Å². The molecule has 2 heterocycles. The first-order valence-electron chi connectivity index (χ1n) is 9.25. The second kappa shape index (κ2) is 7.51. The van der Waals surface area contributed by atoms with Gasteiger partial charge in [0, 0.05) is 17.9 Å². The lowest BCUT2D eigenvalue weighted by atomic mass is 10.0. The molecule has 1 aliphatic rings. The smallest absolute Gasteiger partial charge is 0.329 e. The minimum absolute atomic E-state index is 0.168. The number of nitrogens with zero attached hydrogens (tertiary/aromatic N) is 3. The minimum Gasteiger partial charge on any atom is -0.497 e. The van der Waals surface area contributed by atoms with Gasteiger partial charge in [0.25, 0.3) is 5.91 Å². The van der Waals surface area contributed by atoms with Crippen LogP contribution in [0.2, 0.25) is 0 Å². The molecule has 3 aromatic rings. The van der Waals surface area contributed by atoms with Crippen molar-refractivity contribution in [2.75, 3.05) is 7.11 Å². The lowest BCUT2D eigenvalue weighted by Crippen LogP contribution is -2.47. The number of likely N-dealkylation sites (tertiary alicyclic amines) is 1. The fraction of sp³-hybridized carbons (Fsp3) is 0.286. The quantitative estimate of drug-likeness (QED) is 0.564. The van der Waals surface area contributed by atoms with Gasteiger partial charge >= 0.3 is 5.69 Å². The Morgan fingerprint density at radius 3 is 2.52 bits per heavy atom. The van der Waals surface area contributed by atoms with Crippen LogP contribution in [0.1, 0.15) is 24.4 Å². The van der Waals surface area contributed by atoms with Gasteiger partial charge in [-0.3, -0.25) is 23.6 Å². The summed E-state index contributed by atoms with van der Waals surface area (Å²) in [6, 6.07) is 12.0. The van der Waals surface area contributed by atoms with Gasteiger partial charge in [-0.25, -0.2) is 4.79 Å². The average Bonchev–Trinajstić information content (AvgIpc) is 2.97. The van der Waals surface area contributed by atoms with Crippen LogP contribution < -0.4 is 10.4 Å². The van der Waals surface area contributed by atoms with Crippen LogP contribution in [-0.4, -0.2) is 33.0 Å². The van der Waals surface area contributed by atoms with E-state index in [1.54, 1.807) is 26.3 Å². The molecule has 1 fully saturated rings. The summed E-state index contributed by atoms with van der Waals surface area (Å²) in [5.74, 6) is 0.124. The Kier molecular flexibility index (Phi) is 5.04. The van der Waals surface area contributed by atoms with E-state index in [1.165, 1.54) is 14.0 Å².